The van der Waals surface area contributed by atoms with E-state index in [1.54, 1.807) is 0 Å². The summed E-state index contributed by atoms with van der Waals surface area (Å²) in [6.45, 7) is 0. The first-order chi connectivity index (χ1) is 35.2. The SMILES string of the molecule is c1ccc(C2(c3ccccc3)c3ccccc3-c3cccc(-n4c5ccccc5c5ccc(-c6ccc(-c7cccc(N(c8cccc9ccccc89)c8cccc9ccccc89)c7)cc6)cc54)c32)cc1. The van der Waals surface area contributed by atoms with E-state index in [9.17, 15) is 0 Å². The largest absolute Gasteiger partial charge is 0.309 e. The summed E-state index contributed by atoms with van der Waals surface area (Å²) in [7, 11) is 0. The van der Waals surface area contributed by atoms with Crippen molar-refractivity contribution in [2.45, 2.75) is 5.41 Å². The van der Waals surface area contributed by atoms with Gasteiger partial charge in [0.25, 0.3) is 0 Å². The van der Waals surface area contributed by atoms with Gasteiger partial charge in [0, 0.05) is 32.8 Å². The summed E-state index contributed by atoms with van der Waals surface area (Å²) in [5.74, 6) is 0. The number of hydrogen-bond donors (Lipinski definition) is 0. The summed E-state index contributed by atoms with van der Waals surface area (Å²) in [4.78, 5) is 2.43. The van der Waals surface area contributed by atoms with Gasteiger partial charge >= 0.3 is 0 Å². The molecule has 0 N–H and O–H groups in total. The predicted octanol–water partition coefficient (Wildman–Crippen LogP) is 18.3. The Morgan fingerprint density at radius 2 is 0.803 bits per heavy atom. The van der Waals surface area contributed by atoms with Gasteiger partial charge in [0.2, 0.25) is 0 Å². The first-order valence-corrected chi connectivity index (χ1v) is 24.6. The Morgan fingerprint density at radius 3 is 1.48 bits per heavy atom. The zero-order valence-corrected chi connectivity index (χ0v) is 39.0. The van der Waals surface area contributed by atoms with Crippen molar-refractivity contribution >= 4 is 60.4 Å². The molecule has 0 fully saturated rings. The maximum Gasteiger partial charge on any atom is 0.0734 e. The number of rotatable bonds is 8. The zero-order chi connectivity index (χ0) is 46.9. The third-order valence-electron chi connectivity index (χ3n) is 15.0. The average molecular weight is 903 g/mol. The van der Waals surface area contributed by atoms with Gasteiger partial charge in [-0.15, -0.1) is 0 Å². The number of para-hydroxylation sites is 1. The van der Waals surface area contributed by atoms with Gasteiger partial charge in [0.1, 0.15) is 0 Å². The van der Waals surface area contributed by atoms with Crippen LogP contribution in [0.5, 0.6) is 0 Å². The third-order valence-corrected chi connectivity index (χ3v) is 15.0. The molecule has 0 bridgehead atoms. The quantitative estimate of drug-likeness (QED) is 0.147. The van der Waals surface area contributed by atoms with E-state index >= 15 is 0 Å². The molecule has 0 aliphatic heterocycles. The monoisotopic (exact) mass is 902 g/mol. The number of anilines is 3. The van der Waals surface area contributed by atoms with Crippen molar-refractivity contribution in [1.82, 2.24) is 4.57 Å². The highest BCUT2D eigenvalue weighted by atomic mass is 15.1. The summed E-state index contributed by atoms with van der Waals surface area (Å²) < 4.78 is 2.54. The van der Waals surface area contributed by atoms with E-state index in [1.165, 1.54) is 99.1 Å². The second-order valence-electron chi connectivity index (χ2n) is 18.8. The predicted molar refractivity (Wildman–Crippen MR) is 299 cm³/mol. The second kappa shape index (κ2) is 16.5. The Bertz CT molecular complexity index is 4040. The van der Waals surface area contributed by atoms with Crippen LogP contribution in [0.15, 0.2) is 279 Å². The fraction of sp³-hybridized carbons (Fsp3) is 0.0145. The number of aromatic nitrogens is 1. The minimum absolute atomic E-state index is 0.547. The second-order valence-corrected chi connectivity index (χ2v) is 18.8. The van der Waals surface area contributed by atoms with Crippen LogP contribution in [0.4, 0.5) is 17.1 Å². The Morgan fingerprint density at radius 1 is 0.310 bits per heavy atom. The lowest BCUT2D eigenvalue weighted by Crippen LogP contribution is -2.29. The molecule has 1 aliphatic carbocycles. The highest BCUT2D eigenvalue weighted by Gasteiger charge is 2.48. The molecule has 1 aromatic heterocycles. The Hall–Kier alpha value is -9.24. The molecule has 332 valence electrons. The van der Waals surface area contributed by atoms with E-state index in [2.05, 4.69) is 289 Å². The van der Waals surface area contributed by atoms with E-state index < -0.39 is 5.41 Å². The van der Waals surface area contributed by atoms with Crippen molar-refractivity contribution in [3.05, 3.63) is 301 Å². The first kappa shape index (κ1) is 40.8. The molecule has 12 aromatic carbocycles. The Kier molecular flexibility index (Phi) is 9.47. The van der Waals surface area contributed by atoms with E-state index in [0.717, 1.165) is 22.6 Å². The molecule has 0 radical (unpaired) electrons. The van der Waals surface area contributed by atoms with Crippen LogP contribution in [-0.4, -0.2) is 4.57 Å². The van der Waals surface area contributed by atoms with Crippen LogP contribution in [-0.2, 0) is 5.41 Å². The van der Waals surface area contributed by atoms with Crippen LogP contribution in [0.3, 0.4) is 0 Å². The molecular formula is C69H46N2. The van der Waals surface area contributed by atoms with Crippen LogP contribution in [0.1, 0.15) is 22.3 Å². The maximum absolute atomic E-state index is 2.54. The Balaban J connectivity index is 0.907. The van der Waals surface area contributed by atoms with Gasteiger partial charge in [-0.05, 0) is 103 Å². The number of hydrogen-bond acceptors (Lipinski definition) is 1. The molecule has 1 heterocycles. The highest BCUT2D eigenvalue weighted by Crippen LogP contribution is 2.58. The van der Waals surface area contributed by atoms with Crippen molar-refractivity contribution in [1.29, 1.82) is 0 Å². The van der Waals surface area contributed by atoms with Gasteiger partial charge in [-0.25, -0.2) is 0 Å². The lowest BCUT2D eigenvalue weighted by atomic mass is 9.67. The van der Waals surface area contributed by atoms with Crippen LogP contribution < -0.4 is 4.90 Å². The molecule has 2 nitrogen and oxygen atoms in total. The summed E-state index contributed by atoms with van der Waals surface area (Å²) >= 11 is 0. The summed E-state index contributed by atoms with van der Waals surface area (Å²) in [6.07, 6.45) is 0. The molecular weight excluding hydrogens is 857 g/mol. The van der Waals surface area contributed by atoms with E-state index in [0.29, 0.717) is 0 Å². The molecule has 0 amide bonds. The van der Waals surface area contributed by atoms with Crippen LogP contribution in [0, 0.1) is 0 Å². The fourth-order valence-electron chi connectivity index (χ4n) is 12.0. The summed E-state index contributed by atoms with van der Waals surface area (Å²) in [5.41, 5.74) is 18.8. The normalized spacial score (nSPS) is 12.6. The van der Waals surface area contributed by atoms with E-state index in [1.807, 2.05) is 0 Å². The van der Waals surface area contributed by atoms with Crippen molar-refractivity contribution in [3.8, 4) is 39.1 Å². The molecule has 14 rings (SSSR count). The van der Waals surface area contributed by atoms with Crippen molar-refractivity contribution in [2.75, 3.05) is 4.90 Å². The van der Waals surface area contributed by atoms with Crippen molar-refractivity contribution < 1.29 is 0 Å². The standard InChI is InChI=1S/C69H46N2/c1-3-24-53(25-4-1)69(54-26-5-2-6-27-54)62-34-13-11-31-58(62)61-33-18-38-66(68(61)69)71-65-35-14-12-32-59(65)60-44-43-52(46-67(60)71)48-41-39-47(40-42-48)51-23-15-28-55(45-51)70(63-36-16-21-49-19-7-9-29-56(49)63)64-37-17-22-50-20-8-10-30-57(50)64/h1-46H. The topological polar surface area (TPSA) is 8.17 Å². The molecule has 71 heavy (non-hydrogen) atoms. The van der Waals surface area contributed by atoms with Crippen LogP contribution >= 0.6 is 0 Å². The molecule has 0 saturated heterocycles. The molecule has 0 saturated carbocycles. The van der Waals surface area contributed by atoms with Crippen molar-refractivity contribution in [2.24, 2.45) is 0 Å². The zero-order valence-electron chi connectivity index (χ0n) is 39.0. The van der Waals surface area contributed by atoms with Gasteiger partial charge in [-0.3, -0.25) is 0 Å². The smallest absolute Gasteiger partial charge is 0.0734 e. The summed E-state index contributed by atoms with van der Waals surface area (Å²) in [5, 5.41) is 7.32. The van der Waals surface area contributed by atoms with Crippen LogP contribution in [0.25, 0.3) is 82.4 Å². The molecule has 0 unspecified atom stereocenters. The van der Waals surface area contributed by atoms with E-state index in [4.69, 9.17) is 0 Å². The maximum atomic E-state index is 2.54. The first-order valence-electron chi connectivity index (χ1n) is 24.6. The molecule has 2 heteroatoms. The lowest BCUT2D eigenvalue weighted by Gasteiger charge is -2.35. The van der Waals surface area contributed by atoms with Crippen LogP contribution in [0.2, 0.25) is 0 Å². The van der Waals surface area contributed by atoms with E-state index in [-0.39, 0.29) is 0 Å². The Labute approximate surface area is 413 Å². The van der Waals surface area contributed by atoms with Gasteiger partial charge < -0.3 is 9.47 Å². The van der Waals surface area contributed by atoms with Gasteiger partial charge in [0.15, 0.2) is 0 Å². The van der Waals surface area contributed by atoms with Crippen molar-refractivity contribution in [3.63, 3.8) is 0 Å². The third kappa shape index (κ3) is 6.35. The minimum atomic E-state index is -0.547. The molecule has 1 aliphatic rings. The number of fused-ring (bicyclic) bond motifs is 8. The minimum Gasteiger partial charge on any atom is -0.309 e. The molecule has 0 spiro atoms. The summed E-state index contributed by atoms with van der Waals surface area (Å²) in [6, 6.07) is 103. The molecule has 0 atom stereocenters. The van der Waals surface area contributed by atoms with Gasteiger partial charge in [0.05, 0.1) is 33.5 Å². The van der Waals surface area contributed by atoms with Gasteiger partial charge in [-0.2, -0.15) is 0 Å². The highest BCUT2D eigenvalue weighted by molar-refractivity contribution is 6.11. The number of nitrogens with zero attached hydrogens (tertiary/aromatic N) is 2. The number of benzene rings is 12. The fourth-order valence-corrected chi connectivity index (χ4v) is 12.0. The molecule has 13 aromatic rings. The lowest BCUT2D eigenvalue weighted by molar-refractivity contribution is 0.762. The average Bonchev–Trinajstić information content (AvgIpc) is 3.95. The van der Waals surface area contributed by atoms with Gasteiger partial charge in [-0.1, -0.05) is 237 Å².